The van der Waals surface area contributed by atoms with Crippen LogP contribution in [0.5, 0.6) is 5.75 Å². The molecule has 0 bridgehead atoms. The van der Waals surface area contributed by atoms with Crippen LogP contribution in [0.1, 0.15) is 37.3 Å². The Labute approximate surface area is 130 Å². The maximum absolute atomic E-state index is 10.8. The van der Waals surface area contributed by atoms with Gasteiger partial charge < -0.3 is 25.1 Å². The Hall–Kier alpha value is -1.63. The van der Waals surface area contributed by atoms with E-state index in [-0.39, 0.29) is 6.29 Å². The summed E-state index contributed by atoms with van der Waals surface area (Å²) in [6, 6.07) is 5.78. The van der Waals surface area contributed by atoms with Gasteiger partial charge >= 0.3 is 5.97 Å². The second-order valence-corrected chi connectivity index (χ2v) is 5.25. The van der Waals surface area contributed by atoms with E-state index in [1.807, 2.05) is 0 Å². The fourth-order valence-electron chi connectivity index (χ4n) is 2.22. The molecule has 0 radical (unpaired) electrons. The second kappa shape index (κ2) is 8.73. The van der Waals surface area contributed by atoms with Gasteiger partial charge in [-0.05, 0) is 37.0 Å². The SMILES string of the molecule is NC(C(=O)O)c1ccc(OCCCOC2CCCCO2)cc1. The van der Waals surface area contributed by atoms with Crippen LogP contribution >= 0.6 is 0 Å². The van der Waals surface area contributed by atoms with Crippen molar-refractivity contribution in [2.75, 3.05) is 19.8 Å². The van der Waals surface area contributed by atoms with Gasteiger partial charge in [0, 0.05) is 13.0 Å². The van der Waals surface area contributed by atoms with E-state index in [1.165, 1.54) is 0 Å². The summed E-state index contributed by atoms with van der Waals surface area (Å²) < 4.78 is 16.7. The third-order valence-electron chi connectivity index (χ3n) is 3.50. The highest BCUT2D eigenvalue weighted by molar-refractivity contribution is 5.75. The molecule has 1 aromatic rings. The summed E-state index contributed by atoms with van der Waals surface area (Å²) in [4.78, 5) is 10.8. The normalized spacial score (nSPS) is 19.6. The molecule has 1 fully saturated rings. The lowest BCUT2D eigenvalue weighted by molar-refractivity contribution is -0.163. The van der Waals surface area contributed by atoms with Crippen molar-refractivity contribution in [3.63, 3.8) is 0 Å². The molecule has 0 saturated carbocycles. The van der Waals surface area contributed by atoms with Gasteiger partial charge in [-0.2, -0.15) is 0 Å². The van der Waals surface area contributed by atoms with Gasteiger partial charge in [0.05, 0.1) is 13.2 Å². The van der Waals surface area contributed by atoms with Crippen LogP contribution in [0.15, 0.2) is 24.3 Å². The number of ether oxygens (including phenoxy) is 3. The van der Waals surface area contributed by atoms with E-state index in [4.69, 9.17) is 25.1 Å². The van der Waals surface area contributed by atoms with E-state index in [1.54, 1.807) is 24.3 Å². The zero-order chi connectivity index (χ0) is 15.8. The van der Waals surface area contributed by atoms with E-state index in [2.05, 4.69) is 0 Å². The number of carbonyl (C=O) groups is 1. The van der Waals surface area contributed by atoms with Crippen molar-refractivity contribution in [2.45, 2.75) is 38.0 Å². The number of rotatable bonds is 8. The third kappa shape index (κ3) is 5.29. The van der Waals surface area contributed by atoms with Crippen LogP contribution < -0.4 is 10.5 Å². The number of hydrogen-bond donors (Lipinski definition) is 2. The van der Waals surface area contributed by atoms with Crippen molar-refractivity contribution >= 4 is 5.97 Å². The number of nitrogens with two attached hydrogens (primary N) is 1. The first-order valence-electron chi connectivity index (χ1n) is 7.61. The second-order valence-electron chi connectivity index (χ2n) is 5.25. The topological polar surface area (TPSA) is 91.0 Å². The number of carboxylic acid groups (broad SMARTS) is 1. The predicted octanol–water partition coefficient (Wildman–Crippen LogP) is 2.08. The van der Waals surface area contributed by atoms with Gasteiger partial charge in [-0.1, -0.05) is 12.1 Å². The maximum atomic E-state index is 10.8. The zero-order valence-electron chi connectivity index (χ0n) is 12.6. The van der Waals surface area contributed by atoms with E-state index in [9.17, 15) is 4.79 Å². The summed E-state index contributed by atoms with van der Waals surface area (Å²) in [5, 5.41) is 8.83. The van der Waals surface area contributed by atoms with Crippen LogP contribution in [0.25, 0.3) is 0 Å². The van der Waals surface area contributed by atoms with Crippen molar-refractivity contribution in [2.24, 2.45) is 5.73 Å². The molecule has 6 heteroatoms. The molecule has 0 amide bonds. The molecule has 1 aliphatic heterocycles. The molecule has 1 aromatic carbocycles. The first kappa shape index (κ1) is 16.7. The van der Waals surface area contributed by atoms with Crippen LogP contribution in [0.4, 0.5) is 0 Å². The van der Waals surface area contributed by atoms with Gasteiger partial charge in [0.15, 0.2) is 6.29 Å². The Morgan fingerprint density at radius 1 is 1.32 bits per heavy atom. The molecule has 122 valence electrons. The highest BCUT2D eigenvalue weighted by Crippen LogP contribution is 2.17. The predicted molar refractivity (Wildman–Crippen MR) is 80.7 cm³/mol. The molecule has 22 heavy (non-hydrogen) atoms. The summed E-state index contributed by atoms with van der Waals surface area (Å²) in [6.45, 7) is 1.93. The molecule has 2 rings (SSSR count). The van der Waals surface area contributed by atoms with Crippen LogP contribution in [-0.2, 0) is 14.3 Å². The van der Waals surface area contributed by atoms with Crippen LogP contribution in [0, 0.1) is 0 Å². The highest BCUT2D eigenvalue weighted by Gasteiger charge is 2.14. The first-order chi connectivity index (χ1) is 10.7. The van der Waals surface area contributed by atoms with Gasteiger partial charge in [0.2, 0.25) is 0 Å². The monoisotopic (exact) mass is 309 g/mol. The zero-order valence-corrected chi connectivity index (χ0v) is 12.6. The third-order valence-corrected chi connectivity index (χ3v) is 3.50. The Morgan fingerprint density at radius 2 is 2.09 bits per heavy atom. The fourth-order valence-corrected chi connectivity index (χ4v) is 2.22. The Balaban J connectivity index is 1.63. The molecular weight excluding hydrogens is 286 g/mol. The molecular formula is C16H23NO5. The molecule has 1 heterocycles. The van der Waals surface area contributed by atoms with Crippen molar-refractivity contribution in [3.05, 3.63) is 29.8 Å². The van der Waals surface area contributed by atoms with Crippen LogP contribution in [0.3, 0.4) is 0 Å². The molecule has 2 atom stereocenters. The number of aliphatic carboxylic acids is 1. The number of hydrogen-bond acceptors (Lipinski definition) is 5. The lowest BCUT2D eigenvalue weighted by Crippen LogP contribution is -2.23. The molecule has 2 unspecified atom stereocenters. The molecule has 0 aliphatic carbocycles. The van der Waals surface area contributed by atoms with E-state index in [0.717, 1.165) is 32.3 Å². The average molecular weight is 309 g/mol. The summed E-state index contributed by atoms with van der Waals surface area (Å²) in [7, 11) is 0. The van der Waals surface area contributed by atoms with Crippen molar-refractivity contribution in [1.82, 2.24) is 0 Å². The van der Waals surface area contributed by atoms with E-state index in [0.29, 0.717) is 24.5 Å². The molecule has 3 N–H and O–H groups in total. The van der Waals surface area contributed by atoms with E-state index >= 15 is 0 Å². The molecule has 6 nitrogen and oxygen atoms in total. The number of benzene rings is 1. The first-order valence-corrected chi connectivity index (χ1v) is 7.61. The standard InChI is InChI=1S/C16H23NO5/c17-15(16(18)19)12-5-7-13(8-6-12)20-10-3-11-22-14-4-1-2-9-21-14/h5-8,14-15H,1-4,9-11,17H2,(H,18,19). The van der Waals surface area contributed by atoms with Crippen LogP contribution in [0.2, 0.25) is 0 Å². The summed E-state index contributed by atoms with van der Waals surface area (Å²) in [6.07, 6.45) is 3.95. The van der Waals surface area contributed by atoms with Gasteiger partial charge in [-0.15, -0.1) is 0 Å². The van der Waals surface area contributed by atoms with Crippen molar-refractivity contribution < 1.29 is 24.1 Å². The fraction of sp³-hybridized carbons (Fsp3) is 0.562. The summed E-state index contributed by atoms with van der Waals surface area (Å²) >= 11 is 0. The Bertz CT molecular complexity index is 456. The Morgan fingerprint density at radius 3 is 2.73 bits per heavy atom. The lowest BCUT2D eigenvalue weighted by Gasteiger charge is -2.22. The van der Waals surface area contributed by atoms with Gasteiger partial charge in [-0.3, -0.25) is 4.79 Å². The Kier molecular flexibility index (Phi) is 6.64. The van der Waals surface area contributed by atoms with Crippen molar-refractivity contribution in [1.29, 1.82) is 0 Å². The van der Waals surface area contributed by atoms with Gasteiger partial charge in [0.1, 0.15) is 11.8 Å². The quantitative estimate of drug-likeness (QED) is 0.714. The number of carboxylic acids is 1. The van der Waals surface area contributed by atoms with Crippen LogP contribution in [-0.4, -0.2) is 37.2 Å². The minimum atomic E-state index is -1.05. The minimum absolute atomic E-state index is 0.0643. The van der Waals surface area contributed by atoms with Gasteiger partial charge in [-0.25, -0.2) is 0 Å². The lowest BCUT2D eigenvalue weighted by atomic mass is 10.1. The van der Waals surface area contributed by atoms with E-state index < -0.39 is 12.0 Å². The van der Waals surface area contributed by atoms with Gasteiger partial charge in [0.25, 0.3) is 0 Å². The highest BCUT2D eigenvalue weighted by atomic mass is 16.7. The summed E-state index contributed by atoms with van der Waals surface area (Å²) in [5.74, 6) is -0.356. The largest absolute Gasteiger partial charge is 0.494 e. The minimum Gasteiger partial charge on any atom is -0.494 e. The molecule has 1 saturated heterocycles. The molecule has 0 spiro atoms. The average Bonchev–Trinajstić information content (AvgIpc) is 2.55. The smallest absolute Gasteiger partial charge is 0.325 e. The molecule has 0 aromatic heterocycles. The maximum Gasteiger partial charge on any atom is 0.325 e. The summed E-state index contributed by atoms with van der Waals surface area (Å²) in [5.41, 5.74) is 6.08. The van der Waals surface area contributed by atoms with Crippen molar-refractivity contribution in [3.8, 4) is 5.75 Å². The molecule has 1 aliphatic rings.